The second-order valence-corrected chi connectivity index (χ2v) is 9.70. The zero-order chi connectivity index (χ0) is 21.5. The smallest absolute Gasteiger partial charge is 0.262 e. The first-order valence-electron chi connectivity index (χ1n) is 10.3. The molecule has 158 valence electrons. The Labute approximate surface area is 179 Å². The molecule has 1 aromatic carbocycles. The van der Waals surface area contributed by atoms with Crippen molar-refractivity contribution in [3.05, 3.63) is 56.4 Å². The van der Waals surface area contributed by atoms with E-state index in [1.165, 1.54) is 16.9 Å². The fourth-order valence-electron chi connectivity index (χ4n) is 3.76. The van der Waals surface area contributed by atoms with Crippen LogP contribution in [-0.2, 0) is 18.4 Å². The maximum absolute atomic E-state index is 12.8. The van der Waals surface area contributed by atoms with E-state index in [4.69, 9.17) is 4.74 Å². The molecular weight excluding hydrogens is 398 g/mol. The van der Waals surface area contributed by atoms with Crippen molar-refractivity contribution in [1.29, 1.82) is 0 Å². The number of hydrogen-bond acceptors (Lipinski definition) is 5. The highest BCUT2D eigenvalue weighted by atomic mass is 32.1. The number of aryl methyl sites for hydroxylation is 2. The van der Waals surface area contributed by atoms with Crippen LogP contribution in [0.4, 0.5) is 0 Å². The second kappa shape index (κ2) is 7.87. The molecule has 0 spiro atoms. The minimum absolute atomic E-state index is 0.0256. The number of rotatable bonds is 5. The molecule has 0 saturated carbocycles. The van der Waals surface area contributed by atoms with E-state index in [2.05, 4.69) is 43.2 Å². The first-order valence-corrected chi connectivity index (χ1v) is 11.1. The molecule has 1 aliphatic rings. The Bertz CT molecular complexity index is 1150. The zero-order valence-corrected chi connectivity index (χ0v) is 18.7. The van der Waals surface area contributed by atoms with Crippen LogP contribution in [0.1, 0.15) is 53.8 Å². The monoisotopic (exact) mass is 425 g/mol. The van der Waals surface area contributed by atoms with Crippen LogP contribution in [0.15, 0.2) is 29.1 Å². The van der Waals surface area contributed by atoms with Gasteiger partial charge < -0.3 is 10.1 Å². The van der Waals surface area contributed by atoms with Gasteiger partial charge in [-0.25, -0.2) is 4.98 Å². The van der Waals surface area contributed by atoms with Gasteiger partial charge in [-0.15, -0.1) is 11.3 Å². The molecule has 2 aromatic heterocycles. The number of amides is 1. The van der Waals surface area contributed by atoms with E-state index in [0.29, 0.717) is 40.4 Å². The summed E-state index contributed by atoms with van der Waals surface area (Å²) in [6.45, 7) is 9.81. The third-order valence-corrected chi connectivity index (χ3v) is 6.68. The molecular formula is C23H27N3O3S. The summed E-state index contributed by atoms with van der Waals surface area (Å²) in [5.41, 5.74) is 2.04. The quantitative estimate of drug-likeness (QED) is 0.631. The molecule has 1 aliphatic heterocycles. The predicted molar refractivity (Wildman–Crippen MR) is 120 cm³/mol. The molecule has 0 atom stereocenters. The van der Waals surface area contributed by atoms with E-state index in [9.17, 15) is 9.59 Å². The molecule has 30 heavy (non-hydrogen) atoms. The number of ether oxygens (including phenoxy) is 1. The standard InChI is InChI=1S/C23H27N3O3S/c1-14-18-21(25-17-6-5-12-26(17)22(18)28)30-19(14)20(27)24-11-13-29-16-9-7-15(8-10-16)23(2,3)4/h7-10H,5-6,11-13H2,1-4H3,(H,24,27). The summed E-state index contributed by atoms with van der Waals surface area (Å²) < 4.78 is 7.48. The third-order valence-electron chi connectivity index (χ3n) is 5.49. The molecule has 0 saturated heterocycles. The van der Waals surface area contributed by atoms with Gasteiger partial charge in [0.1, 0.15) is 23.0 Å². The fraction of sp³-hybridized carbons (Fsp3) is 0.435. The van der Waals surface area contributed by atoms with Crippen molar-refractivity contribution >= 4 is 27.5 Å². The lowest BCUT2D eigenvalue weighted by molar-refractivity contribution is 0.0950. The van der Waals surface area contributed by atoms with Crippen LogP contribution < -0.4 is 15.6 Å². The summed E-state index contributed by atoms with van der Waals surface area (Å²) in [6, 6.07) is 8.04. The van der Waals surface area contributed by atoms with Gasteiger partial charge in [0.15, 0.2) is 0 Å². The van der Waals surface area contributed by atoms with E-state index in [0.717, 1.165) is 24.4 Å². The highest BCUT2D eigenvalue weighted by Crippen LogP contribution is 2.28. The molecule has 0 aliphatic carbocycles. The summed E-state index contributed by atoms with van der Waals surface area (Å²) in [7, 11) is 0. The summed E-state index contributed by atoms with van der Waals surface area (Å²) in [4.78, 5) is 31.3. The van der Waals surface area contributed by atoms with Crippen molar-refractivity contribution < 1.29 is 9.53 Å². The van der Waals surface area contributed by atoms with Crippen LogP contribution in [-0.4, -0.2) is 28.6 Å². The van der Waals surface area contributed by atoms with Gasteiger partial charge >= 0.3 is 0 Å². The molecule has 3 aromatic rings. The minimum Gasteiger partial charge on any atom is -0.492 e. The van der Waals surface area contributed by atoms with Gasteiger partial charge in [-0.2, -0.15) is 0 Å². The number of aromatic nitrogens is 2. The molecule has 7 heteroatoms. The lowest BCUT2D eigenvalue weighted by Crippen LogP contribution is -2.28. The zero-order valence-electron chi connectivity index (χ0n) is 17.9. The molecule has 1 N–H and O–H groups in total. The predicted octanol–water partition coefficient (Wildman–Crippen LogP) is 3.82. The van der Waals surface area contributed by atoms with Crippen molar-refractivity contribution in [2.45, 2.75) is 52.5 Å². The van der Waals surface area contributed by atoms with Gasteiger partial charge in [0.25, 0.3) is 11.5 Å². The van der Waals surface area contributed by atoms with E-state index in [-0.39, 0.29) is 16.9 Å². The van der Waals surface area contributed by atoms with Crippen LogP contribution in [0.25, 0.3) is 10.2 Å². The minimum atomic E-state index is -0.188. The summed E-state index contributed by atoms with van der Waals surface area (Å²) in [6.07, 6.45) is 1.77. The average molecular weight is 426 g/mol. The molecule has 4 rings (SSSR count). The Morgan fingerprint density at radius 2 is 2.00 bits per heavy atom. The van der Waals surface area contributed by atoms with Crippen molar-refractivity contribution in [3.63, 3.8) is 0 Å². The maximum Gasteiger partial charge on any atom is 0.262 e. The van der Waals surface area contributed by atoms with Gasteiger partial charge in [0, 0.05) is 13.0 Å². The Morgan fingerprint density at radius 3 is 2.70 bits per heavy atom. The van der Waals surface area contributed by atoms with Gasteiger partial charge in [-0.1, -0.05) is 32.9 Å². The molecule has 3 heterocycles. The average Bonchev–Trinajstić information content (AvgIpc) is 3.30. The number of thiophene rings is 1. The van der Waals surface area contributed by atoms with Gasteiger partial charge in [0.2, 0.25) is 0 Å². The first kappa shape index (κ1) is 20.6. The first-order chi connectivity index (χ1) is 14.3. The molecule has 0 radical (unpaired) electrons. The van der Waals surface area contributed by atoms with Crippen molar-refractivity contribution in [3.8, 4) is 5.75 Å². The number of nitrogens with one attached hydrogen (secondary N) is 1. The topological polar surface area (TPSA) is 73.2 Å². The number of nitrogens with zero attached hydrogens (tertiary/aromatic N) is 2. The number of benzene rings is 1. The lowest BCUT2D eigenvalue weighted by atomic mass is 9.87. The van der Waals surface area contributed by atoms with E-state index in [1.807, 2.05) is 19.1 Å². The highest BCUT2D eigenvalue weighted by molar-refractivity contribution is 7.20. The molecule has 1 amide bonds. The Hall–Kier alpha value is -2.67. The Morgan fingerprint density at radius 1 is 1.27 bits per heavy atom. The number of hydrogen-bond donors (Lipinski definition) is 1. The summed E-state index contributed by atoms with van der Waals surface area (Å²) in [5.74, 6) is 1.42. The highest BCUT2D eigenvalue weighted by Gasteiger charge is 2.23. The third kappa shape index (κ3) is 3.86. The molecule has 0 bridgehead atoms. The van der Waals surface area contributed by atoms with Crippen LogP contribution in [0.2, 0.25) is 0 Å². The second-order valence-electron chi connectivity index (χ2n) is 8.70. The van der Waals surface area contributed by atoms with Crippen molar-refractivity contribution in [1.82, 2.24) is 14.9 Å². The number of fused-ring (bicyclic) bond motifs is 2. The fourth-order valence-corrected chi connectivity index (χ4v) is 4.86. The SMILES string of the molecule is Cc1c(C(=O)NCCOc2ccc(C(C)(C)C)cc2)sc2nc3n(c(=O)c12)CCC3. The van der Waals surface area contributed by atoms with Crippen LogP contribution in [0, 0.1) is 6.92 Å². The van der Waals surface area contributed by atoms with Crippen molar-refractivity contribution in [2.24, 2.45) is 0 Å². The molecule has 0 unspecified atom stereocenters. The van der Waals surface area contributed by atoms with Gasteiger partial charge in [-0.3, -0.25) is 14.2 Å². The molecule has 6 nitrogen and oxygen atoms in total. The normalized spacial score (nSPS) is 13.5. The Balaban J connectivity index is 1.39. The van der Waals surface area contributed by atoms with Gasteiger partial charge in [0.05, 0.1) is 16.8 Å². The van der Waals surface area contributed by atoms with Crippen LogP contribution >= 0.6 is 11.3 Å². The molecule has 0 fully saturated rings. The number of carbonyl (C=O) groups excluding carboxylic acids is 1. The number of carbonyl (C=O) groups is 1. The summed E-state index contributed by atoms with van der Waals surface area (Å²) in [5, 5.41) is 3.47. The van der Waals surface area contributed by atoms with E-state index in [1.54, 1.807) is 4.57 Å². The Kier molecular flexibility index (Phi) is 5.40. The van der Waals surface area contributed by atoms with Crippen molar-refractivity contribution in [2.75, 3.05) is 13.2 Å². The van der Waals surface area contributed by atoms with E-state index < -0.39 is 0 Å². The maximum atomic E-state index is 12.8. The summed E-state index contributed by atoms with van der Waals surface area (Å²) >= 11 is 1.29. The largest absolute Gasteiger partial charge is 0.492 e. The van der Waals surface area contributed by atoms with Gasteiger partial charge in [-0.05, 0) is 42.0 Å². The lowest BCUT2D eigenvalue weighted by Gasteiger charge is -2.19. The van der Waals surface area contributed by atoms with Crippen LogP contribution in [0.5, 0.6) is 5.75 Å². The van der Waals surface area contributed by atoms with Crippen LogP contribution in [0.3, 0.4) is 0 Å². The van der Waals surface area contributed by atoms with E-state index >= 15 is 0 Å².